The van der Waals surface area contributed by atoms with E-state index in [0.29, 0.717) is 24.3 Å². The van der Waals surface area contributed by atoms with E-state index in [4.69, 9.17) is 14.6 Å². The van der Waals surface area contributed by atoms with Crippen LogP contribution < -0.4 is 14.8 Å². The fourth-order valence-corrected chi connectivity index (χ4v) is 1.95. The van der Waals surface area contributed by atoms with Crippen molar-refractivity contribution >= 4 is 18.0 Å². The zero-order valence-electron chi connectivity index (χ0n) is 11.7. The molecule has 1 aromatic rings. The molecular formula is C15H17NO5. The molecule has 0 bridgehead atoms. The Balaban J connectivity index is 1.97. The number of carboxylic acids is 1. The second-order valence-electron chi connectivity index (χ2n) is 4.63. The van der Waals surface area contributed by atoms with Gasteiger partial charge in [0.2, 0.25) is 12.7 Å². The molecule has 0 aromatic heterocycles. The van der Waals surface area contributed by atoms with Crippen LogP contribution in [0.15, 0.2) is 24.3 Å². The highest BCUT2D eigenvalue weighted by Crippen LogP contribution is 2.32. The summed E-state index contributed by atoms with van der Waals surface area (Å²) in [6.07, 6.45) is 3.99. The molecule has 0 radical (unpaired) electrons. The fraction of sp³-hybridized carbons (Fsp3) is 0.333. The average Bonchev–Trinajstić information content (AvgIpc) is 2.92. The van der Waals surface area contributed by atoms with Gasteiger partial charge in [-0.05, 0) is 30.2 Å². The summed E-state index contributed by atoms with van der Waals surface area (Å²) in [6, 6.07) is 4.45. The van der Waals surface area contributed by atoms with Crippen LogP contribution in [0.4, 0.5) is 0 Å². The minimum atomic E-state index is -1.03. The van der Waals surface area contributed by atoms with Crippen molar-refractivity contribution in [1.29, 1.82) is 0 Å². The standard InChI is InChI=1S/C15H17NO5/c1-2-3-11(15(18)19)16-14(17)7-5-10-4-6-12-13(8-10)21-9-20-12/h4-8,11H,2-3,9H2,1H3,(H,16,17)(H,18,19)/b7-5+. The lowest BCUT2D eigenvalue weighted by atomic mass is 10.1. The van der Waals surface area contributed by atoms with Gasteiger partial charge in [0.15, 0.2) is 11.5 Å². The topological polar surface area (TPSA) is 84.9 Å². The van der Waals surface area contributed by atoms with Crippen molar-refractivity contribution in [1.82, 2.24) is 5.32 Å². The molecule has 1 aliphatic rings. The number of aliphatic carboxylic acids is 1. The van der Waals surface area contributed by atoms with E-state index in [1.807, 2.05) is 6.92 Å². The molecule has 1 aromatic carbocycles. The molecule has 1 unspecified atom stereocenters. The molecule has 0 saturated heterocycles. The Morgan fingerprint density at radius 3 is 2.86 bits per heavy atom. The Hall–Kier alpha value is -2.50. The normalized spacial score (nSPS) is 14.1. The highest BCUT2D eigenvalue weighted by Gasteiger charge is 2.17. The second kappa shape index (κ2) is 6.78. The number of carbonyl (C=O) groups is 2. The Morgan fingerprint density at radius 1 is 1.38 bits per heavy atom. The van der Waals surface area contributed by atoms with E-state index in [9.17, 15) is 9.59 Å². The summed E-state index contributed by atoms with van der Waals surface area (Å²) in [7, 11) is 0. The Labute approximate surface area is 122 Å². The predicted molar refractivity (Wildman–Crippen MR) is 76.1 cm³/mol. The van der Waals surface area contributed by atoms with Crippen molar-refractivity contribution in [2.45, 2.75) is 25.8 Å². The van der Waals surface area contributed by atoms with Gasteiger partial charge in [0.25, 0.3) is 0 Å². The van der Waals surface area contributed by atoms with Crippen LogP contribution in [0.1, 0.15) is 25.3 Å². The van der Waals surface area contributed by atoms with E-state index < -0.39 is 17.9 Å². The number of hydrogen-bond acceptors (Lipinski definition) is 4. The van der Waals surface area contributed by atoms with Gasteiger partial charge in [0.1, 0.15) is 6.04 Å². The molecule has 0 saturated carbocycles. The molecule has 2 rings (SSSR count). The van der Waals surface area contributed by atoms with E-state index in [1.165, 1.54) is 6.08 Å². The third kappa shape index (κ3) is 3.98. The van der Waals surface area contributed by atoms with E-state index in [0.717, 1.165) is 5.56 Å². The van der Waals surface area contributed by atoms with Gasteiger partial charge in [-0.2, -0.15) is 0 Å². The molecule has 1 amide bonds. The van der Waals surface area contributed by atoms with Gasteiger partial charge in [-0.25, -0.2) is 4.79 Å². The number of rotatable bonds is 6. The number of fused-ring (bicyclic) bond motifs is 1. The van der Waals surface area contributed by atoms with Gasteiger partial charge in [-0.3, -0.25) is 4.79 Å². The van der Waals surface area contributed by atoms with E-state index in [-0.39, 0.29) is 6.79 Å². The summed E-state index contributed by atoms with van der Waals surface area (Å²) in [4.78, 5) is 22.7. The minimum Gasteiger partial charge on any atom is -0.480 e. The smallest absolute Gasteiger partial charge is 0.326 e. The molecule has 1 heterocycles. The third-order valence-electron chi connectivity index (χ3n) is 3.02. The highest BCUT2D eigenvalue weighted by atomic mass is 16.7. The Kier molecular flexibility index (Phi) is 4.81. The average molecular weight is 291 g/mol. The third-order valence-corrected chi connectivity index (χ3v) is 3.02. The van der Waals surface area contributed by atoms with Gasteiger partial charge < -0.3 is 19.9 Å². The fourth-order valence-electron chi connectivity index (χ4n) is 1.95. The van der Waals surface area contributed by atoms with Crippen LogP contribution in [0, 0.1) is 0 Å². The molecule has 21 heavy (non-hydrogen) atoms. The number of hydrogen-bond donors (Lipinski definition) is 2. The lowest BCUT2D eigenvalue weighted by Gasteiger charge is -2.11. The largest absolute Gasteiger partial charge is 0.480 e. The highest BCUT2D eigenvalue weighted by molar-refractivity contribution is 5.94. The number of benzene rings is 1. The molecule has 1 atom stereocenters. The van der Waals surface area contributed by atoms with Crippen LogP contribution in [0.2, 0.25) is 0 Å². The summed E-state index contributed by atoms with van der Waals surface area (Å²) in [5, 5.41) is 11.4. The van der Waals surface area contributed by atoms with E-state index in [2.05, 4.69) is 5.32 Å². The SMILES string of the molecule is CCCC(NC(=O)/C=C/c1ccc2c(c1)OCO2)C(=O)O. The lowest BCUT2D eigenvalue weighted by Crippen LogP contribution is -2.39. The monoisotopic (exact) mass is 291 g/mol. The predicted octanol–water partition coefficient (Wildman–Crippen LogP) is 1.80. The van der Waals surface area contributed by atoms with Crippen molar-refractivity contribution in [3.63, 3.8) is 0 Å². The van der Waals surface area contributed by atoms with Crippen LogP contribution in [0.3, 0.4) is 0 Å². The van der Waals surface area contributed by atoms with Crippen molar-refractivity contribution in [2.75, 3.05) is 6.79 Å². The molecule has 0 aliphatic carbocycles. The van der Waals surface area contributed by atoms with Gasteiger partial charge in [0.05, 0.1) is 0 Å². The van der Waals surface area contributed by atoms with E-state index in [1.54, 1.807) is 24.3 Å². The van der Waals surface area contributed by atoms with Crippen molar-refractivity contribution in [2.24, 2.45) is 0 Å². The van der Waals surface area contributed by atoms with Crippen LogP contribution in [0.5, 0.6) is 11.5 Å². The Morgan fingerprint density at radius 2 is 2.14 bits per heavy atom. The van der Waals surface area contributed by atoms with Crippen LogP contribution >= 0.6 is 0 Å². The summed E-state index contributed by atoms with van der Waals surface area (Å²) >= 11 is 0. The van der Waals surface area contributed by atoms with Gasteiger partial charge in [0, 0.05) is 6.08 Å². The first-order valence-corrected chi connectivity index (χ1v) is 6.71. The second-order valence-corrected chi connectivity index (χ2v) is 4.63. The lowest BCUT2D eigenvalue weighted by molar-refractivity contribution is -0.141. The maximum Gasteiger partial charge on any atom is 0.326 e. The van der Waals surface area contributed by atoms with Crippen LogP contribution in [-0.4, -0.2) is 29.8 Å². The molecule has 1 aliphatic heterocycles. The van der Waals surface area contributed by atoms with Gasteiger partial charge in [-0.15, -0.1) is 0 Å². The maximum atomic E-state index is 11.7. The molecular weight excluding hydrogens is 274 g/mol. The molecule has 2 N–H and O–H groups in total. The van der Waals surface area contributed by atoms with E-state index >= 15 is 0 Å². The number of carboxylic acid groups (broad SMARTS) is 1. The summed E-state index contributed by atoms with van der Waals surface area (Å²) in [6.45, 7) is 2.06. The number of ether oxygens (including phenoxy) is 2. The maximum absolute atomic E-state index is 11.7. The first kappa shape index (κ1) is 14.9. The first-order valence-electron chi connectivity index (χ1n) is 6.71. The molecule has 0 fully saturated rings. The summed E-state index contributed by atoms with van der Waals surface area (Å²) in [5.74, 6) is -0.160. The van der Waals surface area contributed by atoms with Crippen molar-refractivity contribution < 1.29 is 24.2 Å². The van der Waals surface area contributed by atoms with Gasteiger partial charge in [-0.1, -0.05) is 19.4 Å². The van der Waals surface area contributed by atoms with Crippen LogP contribution in [0.25, 0.3) is 6.08 Å². The number of carbonyl (C=O) groups excluding carboxylic acids is 1. The van der Waals surface area contributed by atoms with Crippen molar-refractivity contribution in [3.8, 4) is 11.5 Å². The molecule has 0 spiro atoms. The summed E-state index contributed by atoms with van der Waals surface area (Å²) in [5.41, 5.74) is 0.775. The minimum absolute atomic E-state index is 0.195. The van der Waals surface area contributed by atoms with Crippen molar-refractivity contribution in [3.05, 3.63) is 29.8 Å². The zero-order valence-corrected chi connectivity index (χ0v) is 11.7. The quantitative estimate of drug-likeness (QED) is 0.781. The number of amides is 1. The molecule has 6 nitrogen and oxygen atoms in total. The zero-order chi connectivity index (χ0) is 15.2. The van der Waals surface area contributed by atoms with Gasteiger partial charge >= 0.3 is 5.97 Å². The summed E-state index contributed by atoms with van der Waals surface area (Å²) < 4.78 is 10.4. The van der Waals surface area contributed by atoms with Crippen LogP contribution in [-0.2, 0) is 9.59 Å². The molecule has 112 valence electrons. The molecule has 6 heteroatoms. The first-order chi connectivity index (χ1) is 10.1. The number of nitrogens with one attached hydrogen (secondary N) is 1. The Bertz CT molecular complexity index is 567.